The summed E-state index contributed by atoms with van der Waals surface area (Å²) in [5.74, 6) is -0.0781. The molecule has 1 aromatic rings. The maximum absolute atomic E-state index is 12.1. The number of ether oxygens (including phenoxy) is 1. The number of likely N-dealkylation sites (tertiary alicyclic amines) is 1. The number of amides is 1. The van der Waals surface area contributed by atoms with Crippen LogP contribution in [0, 0.1) is 0 Å². The van der Waals surface area contributed by atoms with Crippen LogP contribution in [0.5, 0.6) is 0 Å². The molecule has 0 spiro atoms. The van der Waals surface area contributed by atoms with Crippen molar-refractivity contribution in [2.75, 3.05) is 20.2 Å². The Morgan fingerprint density at radius 2 is 2.18 bits per heavy atom. The number of piperidine rings is 1. The van der Waals surface area contributed by atoms with Gasteiger partial charge in [0.25, 0.3) is 5.91 Å². The number of carbonyl (C=O) groups is 1. The van der Waals surface area contributed by atoms with E-state index < -0.39 is 0 Å². The summed E-state index contributed by atoms with van der Waals surface area (Å²) >= 11 is 0. The van der Waals surface area contributed by atoms with E-state index in [1.807, 2.05) is 0 Å². The van der Waals surface area contributed by atoms with Crippen molar-refractivity contribution in [3.8, 4) is 0 Å². The minimum absolute atomic E-state index is 0.0781. The van der Waals surface area contributed by atoms with Gasteiger partial charge in [-0.3, -0.25) is 9.59 Å². The molecule has 1 aromatic heterocycles. The van der Waals surface area contributed by atoms with E-state index in [1.165, 1.54) is 12.3 Å². The number of hydrogen-bond acceptors (Lipinski definition) is 3. The number of hydrogen-bond donors (Lipinski definition) is 1. The first kappa shape index (κ1) is 11.9. The second-order valence-corrected chi connectivity index (χ2v) is 4.17. The average Bonchev–Trinajstić information content (AvgIpc) is 2.38. The highest BCUT2D eigenvalue weighted by Crippen LogP contribution is 2.14. The fraction of sp³-hybridized carbons (Fsp3) is 0.500. The van der Waals surface area contributed by atoms with Crippen molar-refractivity contribution in [3.63, 3.8) is 0 Å². The summed E-state index contributed by atoms with van der Waals surface area (Å²) in [4.78, 5) is 27.5. The summed E-state index contributed by atoms with van der Waals surface area (Å²) < 4.78 is 5.25. The molecule has 17 heavy (non-hydrogen) atoms. The summed E-state index contributed by atoms with van der Waals surface area (Å²) in [5, 5.41) is 0. The highest BCUT2D eigenvalue weighted by Gasteiger charge is 2.23. The number of nitrogens with one attached hydrogen (secondary N) is 1. The van der Waals surface area contributed by atoms with Gasteiger partial charge in [0.15, 0.2) is 0 Å². The minimum atomic E-state index is -0.248. The number of aromatic amines is 1. The quantitative estimate of drug-likeness (QED) is 0.819. The molecule has 1 aliphatic rings. The van der Waals surface area contributed by atoms with Gasteiger partial charge in [-0.15, -0.1) is 0 Å². The van der Waals surface area contributed by atoms with Crippen LogP contribution in [0.4, 0.5) is 0 Å². The molecule has 0 atom stereocenters. The van der Waals surface area contributed by atoms with Crippen LogP contribution in [0.25, 0.3) is 0 Å². The molecule has 0 aromatic carbocycles. The van der Waals surface area contributed by atoms with Crippen LogP contribution in [0.2, 0.25) is 0 Å². The molecule has 5 nitrogen and oxygen atoms in total. The zero-order valence-corrected chi connectivity index (χ0v) is 9.81. The third-order valence-electron chi connectivity index (χ3n) is 3.08. The SMILES string of the molecule is COC1CCN(C(=O)c2cc[nH]c(=O)c2)CC1. The summed E-state index contributed by atoms with van der Waals surface area (Å²) in [6.07, 6.45) is 3.45. The molecular formula is C12H16N2O3. The van der Waals surface area contributed by atoms with Crippen molar-refractivity contribution in [1.82, 2.24) is 9.88 Å². The van der Waals surface area contributed by atoms with Crippen LogP contribution in [-0.4, -0.2) is 42.1 Å². The van der Waals surface area contributed by atoms with Gasteiger partial charge in [-0.25, -0.2) is 0 Å². The molecule has 92 valence electrons. The smallest absolute Gasteiger partial charge is 0.254 e. The molecule has 0 aliphatic carbocycles. The number of rotatable bonds is 2. The van der Waals surface area contributed by atoms with E-state index in [0.29, 0.717) is 18.7 Å². The van der Waals surface area contributed by atoms with Crippen molar-refractivity contribution in [2.45, 2.75) is 18.9 Å². The van der Waals surface area contributed by atoms with E-state index in [-0.39, 0.29) is 17.6 Å². The van der Waals surface area contributed by atoms with Crippen LogP contribution >= 0.6 is 0 Å². The Labute approximate surface area is 99.4 Å². The van der Waals surface area contributed by atoms with Crippen LogP contribution in [0.3, 0.4) is 0 Å². The fourth-order valence-electron chi connectivity index (χ4n) is 2.05. The minimum Gasteiger partial charge on any atom is -0.381 e. The number of methoxy groups -OCH3 is 1. The van der Waals surface area contributed by atoms with E-state index in [0.717, 1.165) is 12.8 Å². The van der Waals surface area contributed by atoms with Crippen molar-refractivity contribution in [3.05, 3.63) is 34.2 Å². The van der Waals surface area contributed by atoms with Gasteiger partial charge in [-0.2, -0.15) is 0 Å². The molecule has 0 saturated carbocycles. The summed E-state index contributed by atoms with van der Waals surface area (Å²) in [6.45, 7) is 1.37. The standard InChI is InChI=1S/C12H16N2O3/c1-17-10-3-6-14(7-4-10)12(16)9-2-5-13-11(15)8-9/h2,5,8,10H,3-4,6-7H2,1H3,(H,13,15). The van der Waals surface area contributed by atoms with E-state index in [2.05, 4.69) is 4.98 Å². The van der Waals surface area contributed by atoms with E-state index >= 15 is 0 Å². The molecule has 5 heteroatoms. The third kappa shape index (κ3) is 2.74. The Bertz CT molecular complexity index is 447. The number of aromatic nitrogens is 1. The molecule has 0 unspecified atom stereocenters. The molecule has 2 heterocycles. The monoisotopic (exact) mass is 236 g/mol. The predicted octanol–water partition coefficient (Wildman–Crippen LogP) is 0.626. The van der Waals surface area contributed by atoms with Gasteiger partial charge >= 0.3 is 0 Å². The maximum Gasteiger partial charge on any atom is 0.254 e. The lowest BCUT2D eigenvalue weighted by atomic mass is 10.1. The predicted molar refractivity (Wildman–Crippen MR) is 63.0 cm³/mol. The lowest BCUT2D eigenvalue weighted by Gasteiger charge is -2.31. The molecule has 1 fully saturated rings. The Balaban J connectivity index is 2.04. The zero-order valence-electron chi connectivity index (χ0n) is 9.81. The summed E-state index contributed by atoms with van der Waals surface area (Å²) in [7, 11) is 1.69. The number of nitrogens with zero attached hydrogens (tertiary/aromatic N) is 1. The largest absolute Gasteiger partial charge is 0.381 e. The van der Waals surface area contributed by atoms with Gasteiger partial charge in [0, 0.05) is 38.0 Å². The Morgan fingerprint density at radius 3 is 2.76 bits per heavy atom. The summed E-state index contributed by atoms with van der Waals surface area (Å²) in [5.41, 5.74) is 0.201. The lowest BCUT2D eigenvalue weighted by molar-refractivity contribution is 0.0350. The van der Waals surface area contributed by atoms with E-state index in [4.69, 9.17) is 4.74 Å². The number of pyridine rings is 1. The lowest BCUT2D eigenvalue weighted by Crippen LogP contribution is -2.40. The average molecular weight is 236 g/mol. The van der Waals surface area contributed by atoms with Crippen molar-refractivity contribution < 1.29 is 9.53 Å². The molecule has 1 amide bonds. The molecule has 1 saturated heterocycles. The molecule has 0 radical (unpaired) electrons. The van der Waals surface area contributed by atoms with Gasteiger partial charge in [0.05, 0.1) is 6.10 Å². The molecule has 1 N–H and O–H groups in total. The second-order valence-electron chi connectivity index (χ2n) is 4.17. The van der Waals surface area contributed by atoms with Crippen molar-refractivity contribution in [2.24, 2.45) is 0 Å². The zero-order chi connectivity index (χ0) is 12.3. The second kappa shape index (κ2) is 5.14. The van der Waals surface area contributed by atoms with E-state index in [9.17, 15) is 9.59 Å². The number of H-pyrrole nitrogens is 1. The molecule has 2 rings (SSSR count). The Hall–Kier alpha value is -1.62. The van der Waals surface area contributed by atoms with Crippen molar-refractivity contribution in [1.29, 1.82) is 0 Å². The van der Waals surface area contributed by atoms with Crippen LogP contribution < -0.4 is 5.56 Å². The van der Waals surface area contributed by atoms with Gasteiger partial charge in [0.1, 0.15) is 0 Å². The van der Waals surface area contributed by atoms with Gasteiger partial charge < -0.3 is 14.6 Å². The first-order valence-corrected chi connectivity index (χ1v) is 5.71. The van der Waals surface area contributed by atoms with Crippen LogP contribution in [-0.2, 0) is 4.74 Å². The Kier molecular flexibility index (Phi) is 3.58. The first-order valence-electron chi connectivity index (χ1n) is 5.71. The van der Waals surface area contributed by atoms with Gasteiger partial charge in [-0.05, 0) is 18.9 Å². The topological polar surface area (TPSA) is 62.4 Å². The first-order chi connectivity index (χ1) is 8.20. The number of carbonyl (C=O) groups excluding carboxylic acids is 1. The normalized spacial score (nSPS) is 17.1. The van der Waals surface area contributed by atoms with Crippen LogP contribution in [0.1, 0.15) is 23.2 Å². The van der Waals surface area contributed by atoms with Gasteiger partial charge in [-0.1, -0.05) is 0 Å². The third-order valence-corrected chi connectivity index (χ3v) is 3.08. The van der Waals surface area contributed by atoms with Gasteiger partial charge in [0.2, 0.25) is 5.56 Å². The molecule has 0 bridgehead atoms. The van der Waals surface area contributed by atoms with Crippen molar-refractivity contribution >= 4 is 5.91 Å². The Morgan fingerprint density at radius 1 is 1.47 bits per heavy atom. The highest BCUT2D eigenvalue weighted by atomic mass is 16.5. The van der Waals surface area contributed by atoms with Crippen LogP contribution in [0.15, 0.2) is 23.1 Å². The maximum atomic E-state index is 12.1. The van der Waals surface area contributed by atoms with E-state index in [1.54, 1.807) is 18.1 Å². The summed E-state index contributed by atoms with van der Waals surface area (Å²) in [6, 6.07) is 2.97. The molecular weight excluding hydrogens is 220 g/mol. The highest BCUT2D eigenvalue weighted by molar-refractivity contribution is 5.94. The fourth-order valence-corrected chi connectivity index (χ4v) is 2.05. The molecule has 1 aliphatic heterocycles.